The number of fused-ring (bicyclic) bond motifs is 1. The van der Waals surface area contributed by atoms with Crippen LogP contribution < -0.4 is 4.74 Å². The molecule has 0 aliphatic carbocycles. The molecule has 0 radical (unpaired) electrons. The molecule has 1 aromatic carbocycles. The third kappa shape index (κ3) is 3.42. The van der Waals surface area contributed by atoms with Crippen LogP contribution in [-0.2, 0) is 9.47 Å². The van der Waals surface area contributed by atoms with Crippen LogP contribution in [0.15, 0.2) is 18.2 Å². The van der Waals surface area contributed by atoms with Gasteiger partial charge in [0.1, 0.15) is 5.75 Å². The topological polar surface area (TPSA) is 57.7 Å². The van der Waals surface area contributed by atoms with Gasteiger partial charge in [-0.1, -0.05) is 0 Å². The minimum atomic E-state index is -0.388. The lowest BCUT2D eigenvalue weighted by atomic mass is 10.3. The molecule has 0 aliphatic heterocycles. The van der Waals surface area contributed by atoms with Crippen molar-refractivity contribution in [3.63, 3.8) is 0 Å². The van der Waals surface area contributed by atoms with Crippen LogP contribution in [0.2, 0.25) is 0 Å². The lowest BCUT2D eigenvalue weighted by molar-refractivity contribution is 0.0225. The molecule has 1 heterocycles. The average Bonchev–Trinajstić information content (AvgIpc) is 2.82. The molecule has 0 spiro atoms. The molecule has 0 bridgehead atoms. The van der Waals surface area contributed by atoms with E-state index in [0.29, 0.717) is 24.0 Å². The van der Waals surface area contributed by atoms with Crippen LogP contribution in [0, 0.1) is 0 Å². The summed E-state index contributed by atoms with van der Waals surface area (Å²) in [4.78, 5) is 15.8. The van der Waals surface area contributed by atoms with E-state index in [0.717, 1.165) is 10.2 Å². The van der Waals surface area contributed by atoms with Crippen molar-refractivity contribution in [3.8, 4) is 5.75 Å². The van der Waals surface area contributed by atoms with Gasteiger partial charge in [0.25, 0.3) is 0 Å². The molecule has 2 rings (SSSR count). The second-order valence-corrected chi connectivity index (χ2v) is 4.65. The Kier molecular flexibility index (Phi) is 4.70. The lowest BCUT2D eigenvalue weighted by Gasteiger charge is -2.04. The molecule has 102 valence electrons. The van der Waals surface area contributed by atoms with Gasteiger partial charge in [-0.25, -0.2) is 9.78 Å². The summed E-state index contributed by atoms with van der Waals surface area (Å²) in [5.74, 6) is 0.306. The molecule has 0 aliphatic rings. The molecule has 5 nitrogen and oxygen atoms in total. The number of aromatic nitrogens is 1. The summed E-state index contributed by atoms with van der Waals surface area (Å²) < 4.78 is 16.3. The number of thiazole rings is 1. The summed E-state index contributed by atoms with van der Waals surface area (Å²) in [5.41, 5.74) is 0.761. The molecule has 0 saturated carbocycles. The lowest BCUT2D eigenvalue weighted by Crippen LogP contribution is -2.03. The van der Waals surface area contributed by atoms with E-state index in [-0.39, 0.29) is 12.8 Å². The van der Waals surface area contributed by atoms with E-state index in [9.17, 15) is 4.79 Å². The fourth-order valence-electron chi connectivity index (χ4n) is 1.47. The first-order valence-electron chi connectivity index (χ1n) is 6.02. The van der Waals surface area contributed by atoms with Crippen LogP contribution in [0.25, 0.3) is 10.2 Å². The zero-order valence-corrected chi connectivity index (χ0v) is 11.7. The highest BCUT2D eigenvalue weighted by Crippen LogP contribution is 2.26. The van der Waals surface area contributed by atoms with Crippen LogP contribution >= 0.6 is 11.3 Å². The quantitative estimate of drug-likeness (QED) is 0.463. The van der Waals surface area contributed by atoms with Gasteiger partial charge in [0.05, 0.1) is 16.8 Å². The zero-order chi connectivity index (χ0) is 13.7. The maximum atomic E-state index is 11.6. The van der Waals surface area contributed by atoms with Crippen molar-refractivity contribution in [2.24, 2.45) is 0 Å². The molecule has 0 atom stereocenters. The Morgan fingerprint density at radius 3 is 2.89 bits per heavy atom. The highest BCUT2D eigenvalue weighted by atomic mass is 32.1. The highest BCUT2D eigenvalue weighted by Gasteiger charge is 2.13. The van der Waals surface area contributed by atoms with Gasteiger partial charge < -0.3 is 14.2 Å². The van der Waals surface area contributed by atoms with E-state index in [1.165, 1.54) is 11.3 Å². The summed E-state index contributed by atoms with van der Waals surface area (Å²) in [5, 5.41) is 0.360. The second-order valence-electron chi connectivity index (χ2n) is 3.62. The molecule has 0 amide bonds. The molecule has 0 saturated heterocycles. The normalized spacial score (nSPS) is 10.6. The number of esters is 1. The van der Waals surface area contributed by atoms with Gasteiger partial charge in [0.15, 0.2) is 6.79 Å². The molecule has 6 heteroatoms. The number of hydrogen-bond donors (Lipinski definition) is 0. The second kappa shape index (κ2) is 6.49. The average molecular weight is 281 g/mol. The fourth-order valence-corrected chi connectivity index (χ4v) is 2.36. The first-order chi connectivity index (χ1) is 9.24. The number of benzene rings is 1. The van der Waals surface area contributed by atoms with Crippen molar-refractivity contribution in [2.45, 2.75) is 13.8 Å². The number of hydrogen-bond acceptors (Lipinski definition) is 6. The number of carbonyl (C=O) groups is 1. The van der Waals surface area contributed by atoms with E-state index in [2.05, 4.69) is 4.98 Å². The summed E-state index contributed by atoms with van der Waals surface area (Å²) in [6.07, 6.45) is 0. The molecule has 1 aromatic heterocycles. The molecule has 2 aromatic rings. The van der Waals surface area contributed by atoms with Crippen molar-refractivity contribution in [3.05, 3.63) is 23.2 Å². The van der Waals surface area contributed by atoms with Crippen LogP contribution in [0.5, 0.6) is 5.75 Å². The largest absolute Gasteiger partial charge is 0.468 e. The smallest absolute Gasteiger partial charge is 0.367 e. The Balaban J connectivity index is 2.16. The SMILES string of the molecule is CCOCOc1ccc2nc(C(=O)OCC)sc2c1. The molecular weight excluding hydrogens is 266 g/mol. The number of ether oxygens (including phenoxy) is 3. The predicted octanol–water partition coefficient (Wildman–Crippen LogP) is 2.85. The van der Waals surface area contributed by atoms with Crippen molar-refractivity contribution in [1.82, 2.24) is 4.98 Å². The predicted molar refractivity (Wildman–Crippen MR) is 72.7 cm³/mol. The first-order valence-corrected chi connectivity index (χ1v) is 6.84. The van der Waals surface area contributed by atoms with Crippen molar-refractivity contribution in [1.29, 1.82) is 0 Å². The van der Waals surface area contributed by atoms with Crippen molar-refractivity contribution < 1.29 is 19.0 Å². The van der Waals surface area contributed by atoms with Crippen LogP contribution in [-0.4, -0.2) is 31.0 Å². The Labute approximate surface area is 115 Å². The third-order valence-electron chi connectivity index (χ3n) is 2.32. The maximum absolute atomic E-state index is 11.6. The minimum absolute atomic E-state index is 0.214. The van der Waals surface area contributed by atoms with Gasteiger partial charge in [-0.05, 0) is 32.0 Å². The van der Waals surface area contributed by atoms with Gasteiger partial charge in [0.2, 0.25) is 5.01 Å². The summed E-state index contributed by atoms with van der Waals surface area (Å²) in [6.45, 7) is 4.84. The molecule has 0 unspecified atom stereocenters. The number of nitrogens with zero attached hydrogens (tertiary/aromatic N) is 1. The minimum Gasteiger partial charge on any atom is -0.468 e. The molecule has 0 N–H and O–H groups in total. The Morgan fingerprint density at radius 1 is 1.32 bits per heavy atom. The van der Waals surface area contributed by atoms with E-state index in [1.54, 1.807) is 13.0 Å². The molecule has 19 heavy (non-hydrogen) atoms. The summed E-state index contributed by atoms with van der Waals surface area (Å²) >= 11 is 1.29. The van der Waals surface area contributed by atoms with E-state index in [1.807, 2.05) is 19.1 Å². The van der Waals surface area contributed by atoms with E-state index >= 15 is 0 Å². The van der Waals surface area contributed by atoms with Crippen LogP contribution in [0.3, 0.4) is 0 Å². The zero-order valence-electron chi connectivity index (χ0n) is 10.8. The third-order valence-corrected chi connectivity index (χ3v) is 3.32. The highest BCUT2D eigenvalue weighted by molar-refractivity contribution is 7.20. The van der Waals surface area contributed by atoms with Gasteiger partial charge in [-0.3, -0.25) is 0 Å². The van der Waals surface area contributed by atoms with Crippen molar-refractivity contribution in [2.75, 3.05) is 20.0 Å². The number of carbonyl (C=O) groups excluding carboxylic acids is 1. The first kappa shape index (κ1) is 13.8. The van der Waals surface area contributed by atoms with E-state index in [4.69, 9.17) is 14.2 Å². The monoisotopic (exact) mass is 281 g/mol. The van der Waals surface area contributed by atoms with Crippen LogP contribution in [0.1, 0.15) is 23.6 Å². The molecular formula is C13H15NO4S. The molecule has 0 fully saturated rings. The van der Waals surface area contributed by atoms with Crippen molar-refractivity contribution >= 4 is 27.5 Å². The Bertz CT molecular complexity index is 567. The summed E-state index contributed by atoms with van der Waals surface area (Å²) in [7, 11) is 0. The standard InChI is InChI=1S/C13H15NO4S/c1-3-16-8-18-9-5-6-10-11(7-9)19-12(14-10)13(15)17-4-2/h5-7H,3-4,8H2,1-2H3. The van der Waals surface area contributed by atoms with Crippen LogP contribution in [0.4, 0.5) is 0 Å². The van der Waals surface area contributed by atoms with Gasteiger partial charge in [-0.15, -0.1) is 11.3 Å². The maximum Gasteiger partial charge on any atom is 0.367 e. The number of rotatable bonds is 6. The van der Waals surface area contributed by atoms with Gasteiger partial charge >= 0.3 is 5.97 Å². The fraction of sp³-hybridized carbons (Fsp3) is 0.385. The Hall–Kier alpha value is -1.66. The van der Waals surface area contributed by atoms with Gasteiger partial charge in [0, 0.05) is 6.61 Å². The van der Waals surface area contributed by atoms with E-state index < -0.39 is 0 Å². The summed E-state index contributed by atoms with van der Waals surface area (Å²) in [6, 6.07) is 5.46. The Morgan fingerprint density at radius 2 is 2.16 bits per heavy atom. The van der Waals surface area contributed by atoms with Gasteiger partial charge in [-0.2, -0.15) is 0 Å².